The van der Waals surface area contributed by atoms with Crippen LogP contribution < -0.4 is 10.1 Å². The van der Waals surface area contributed by atoms with Crippen molar-refractivity contribution in [2.24, 2.45) is 0 Å². The van der Waals surface area contributed by atoms with Crippen molar-refractivity contribution in [3.63, 3.8) is 0 Å². The van der Waals surface area contributed by atoms with Gasteiger partial charge in [0.05, 0.1) is 7.11 Å². The lowest BCUT2D eigenvalue weighted by atomic mass is 10.1. The third-order valence-corrected chi connectivity index (χ3v) is 4.24. The highest BCUT2D eigenvalue weighted by Crippen LogP contribution is 2.30. The van der Waals surface area contributed by atoms with Crippen molar-refractivity contribution < 1.29 is 4.74 Å². The Morgan fingerprint density at radius 2 is 2.26 bits per heavy atom. The minimum atomic E-state index is 0.484. The summed E-state index contributed by atoms with van der Waals surface area (Å²) >= 11 is 1.80. The second kappa shape index (κ2) is 10.0. The monoisotopic (exact) mass is 281 g/mol. The van der Waals surface area contributed by atoms with Crippen LogP contribution in [0.1, 0.15) is 56.4 Å². The van der Waals surface area contributed by atoms with Gasteiger partial charge in [-0.2, -0.15) is 0 Å². The maximum Gasteiger partial charge on any atom is 0.129 e. The smallest absolute Gasteiger partial charge is 0.129 e. The van der Waals surface area contributed by atoms with Crippen LogP contribution in [0.15, 0.2) is 24.1 Å². The molecule has 108 valence electrons. The van der Waals surface area contributed by atoms with Gasteiger partial charge in [-0.25, -0.2) is 0 Å². The van der Waals surface area contributed by atoms with Crippen LogP contribution in [-0.2, 0) is 0 Å². The summed E-state index contributed by atoms with van der Waals surface area (Å²) in [7, 11) is 1.73. The van der Waals surface area contributed by atoms with Crippen molar-refractivity contribution in [2.45, 2.75) is 51.5 Å². The van der Waals surface area contributed by atoms with E-state index in [-0.39, 0.29) is 0 Å². The zero-order valence-corrected chi connectivity index (χ0v) is 13.1. The molecule has 1 unspecified atom stereocenters. The van der Waals surface area contributed by atoms with E-state index in [2.05, 4.69) is 30.3 Å². The van der Waals surface area contributed by atoms with Gasteiger partial charge in [-0.3, -0.25) is 0 Å². The Kier molecular flexibility index (Phi) is 8.59. The third kappa shape index (κ3) is 6.26. The maximum atomic E-state index is 5.28. The van der Waals surface area contributed by atoms with Crippen molar-refractivity contribution in [1.82, 2.24) is 5.32 Å². The van der Waals surface area contributed by atoms with Gasteiger partial charge in [0.15, 0.2) is 0 Å². The first-order valence-electron chi connectivity index (χ1n) is 7.28. The van der Waals surface area contributed by atoms with Gasteiger partial charge < -0.3 is 10.1 Å². The molecule has 1 heterocycles. The predicted octanol–water partition coefficient (Wildman–Crippen LogP) is 4.93. The number of unbranched alkanes of at least 4 members (excludes halogenated alkanes) is 3. The van der Waals surface area contributed by atoms with E-state index in [4.69, 9.17) is 4.74 Å². The molecule has 0 aliphatic carbocycles. The molecule has 0 saturated heterocycles. The predicted molar refractivity (Wildman–Crippen MR) is 85.2 cm³/mol. The number of methoxy groups -OCH3 is 1. The lowest BCUT2D eigenvalue weighted by Gasteiger charge is -2.16. The molecule has 0 fully saturated rings. The van der Waals surface area contributed by atoms with Crippen molar-refractivity contribution in [3.05, 3.63) is 29.0 Å². The third-order valence-electron chi connectivity index (χ3n) is 3.22. The summed E-state index contributed by atoms with van der Waals surface area (Å²) in [6.07, 6.45) is 9.36. The molecule has 0 spiro atoms. The van der Waals surface area contributed by atoms with Crippen molar-refractivity contribution >= 4 is 11.3 Å². The number of thiophene rings is 1. The normalized spacial score (nSPS) is 12.3. The molecule has 1 N–H and O–H groups in total. The summed E-state index contributed by atoms with van der Waals surface area (Å²) in [6, 6.07) is 2.65. The first kappa shape index (κ1) is 16.3. The van der Waals surface area contributed by atoms with E-state index in [9.17, 15) is 0 Å². The fourth-order valence-corrected chi connectivity index (χ4v) is 3.07. The number of hydrogen-bond donors (Lipinski definition) is 1. The molecule has 19 heavy (non-hydrogen) atoms. The first-order valence-corrected chi connectivity index (χ1v) is 8.16. The Labute approximate surface area is 121 Å². The van der Waals surface area contributed by atoms with Gasteiger partial charge in [0.2, 0.25) is 0 Å². The van der Waals surface area contributed by atoms with E-state index in [0.717, 1.165) is 18.7 Å². The Bertz CT molecular complexity index is 348. The highest BCUT2D eigenvalue weighted by molar-refractivity contribution is 7.10. The molecule has 0 aliphatic heterocycles. The molecule has 0 bridgehead atoms. The molecule has 2 nitrogen and oxygen atoms in total. The van der Waals surface area contributed by atoms with Crippen LogP contribution in [0.2, 0.25) is 0 Å². The van der Waals surface area contributed by atoms with Crippen molar-refractivity contribution in [1.29, 1.82) is 0 Å². The van der Waals surface area contributed by atoms with E-state index in [1.807, 2.05) is 6.08 Å². The topological polar surface area (TPSA) is 21.3 Å². The fraction of sp³-hybridized carbons (Fsp3) is 0.625. The summed E-state index contributed by atoms with van der Waals surface area (Å²) in [6.45, 7) is 7.06. The minimum absolute atomic E-state index is 0.484. The Balaban J connectivity index is 2.43. The zero-order chi connectivity index (χ0) is 13.9. The standard InChI is InChI=1S/C16H27NOS/c1-4-6-7-8-9-10-15(17-11-5-2)16-12-14(18-3)13-19-16/h4,12-13,15,17H,1,5-11H2,2-3H3. The number of ether oxygens (including phenoxy) is 1. The average molecular weight is 281 g/mol. The molecular weight excluding hydrogens is 254 g/mol. The molecule has 1 aromatic rings. The number of nitrogens with one attached hydrogen (secondary N) is 1. The quantitative estimate of drug-likeness (QED) is 0.458. The number of hydrogen-bond acceptors (Lipinski definition) is 3. The van der Waals surface area contributed by atoms with Gasteiger partial charge in [0, 0.05) is 16.3 Å². The second-order valence-corrected chi connectivity index (χ2v) is 5.77. The number of allylic oxidation sites excluding steroid dienone is 1. The van der Waals surface area contributed by atoms with E-state index >= 15 is 0 Å². The number of rotatable bonds is 11. The molecule has 0 amide bonds. The fourth-order valence-electron chi connectivity index (χ4n) is 2.10. The van der Waals surface area contributed by atoms with Gasteiger partial charge in [-0.15, -0.1) is 17.9 Å². The van der Waals surface area contributed by atoms with E-state index < -0.39 is 0 Å². The largest absolute Gasteiger partial charge is 0.496 e. The van der Waals surface area contributed by atoms with Gasteiger partial charge in [-0.05, 0) is 38.3 Å². The van der Waals surface area contributed by atoms with Crippen molar-refractivity contribution in [3.8, 4) is 5.75 Å². The summed E-state index contributed by atoms with van der Waals surface area (Å²) < 4.78 is 5.28. The lowest BCUT2D eigenvalue weighted by Crippen LogP contribution is -2.21. The van der Waals surface area contributed by atoms with E-state index in [1.54, 1.807) is 18.4 Å². The molecule has 3 heteroatoms. The Hall–Kier alpha value is -0.800. The van der Waals surface area contributed by atoms with Crippen LogP contribution in [0.3, 0.4) is 0 Å². The zero-order valence-electron chi connectivity index (χ0n) is 12.3. The summed E-state index contributed by atoms with van der Waals surface area (Å²) in [5.41, 5.74) is 0. The lowest BCUT2D eigenvalue weighted by molar-refractivity contribution is 0.415. The van der Waals surface area contributed by atoms with E-state index in [1.165, 1.54) is 37.0 Å². The highest BCUT2D eigenvalue weighted by atomic mass is 32.1. The molecule has 1 atom stereocenters. The average Bonchev–Trinajstić information content (AvgIpc) is 2.90. The van der Waals surface area contributed by atoms with Crippen LogP contribution in [0.25, 0.3) is 0 Å². The highest BCUT2D eigenvalue weighted by Gasteiger charge is 2.13. The molecule has 1 rings (SSSR count). The summed E-state index contributed by atoms with van der Waals surface area (Å²) in [4.78, 5) is 1.40. The van der Waals surface area contributed by atoms with Gasteiger partial charge in [0.25, 0.3) is 0 Å². The van der Waals surface area contributed by atoms with Crippen LogP contribution in [0.5, 0.6) is 5.75 Å². The maximum absolute atomic E-state index is 5.28. The van der Waals surface area contributed by atoms with Crippen molar-refractivity contribution in [2.75, 3.05) is 13.7 Å². The van der Waals surface area contributed by atoms with Crippen LogP contribution >= 0.6 is 11.3 Å². The second-order valence-electron chi connectivity index (χ2n) is 4.82. The summed E-state index contributed by atoms with van der Waals surface area (Å²) in [5.74, 6) is 0.981. The molecular formula is C16H27NOS. The van der Waals surface area contributed by atoms with Crippen LogP contribution in [0, 0.1) is 0 Å². The molecule has 0 aromatic carbocycles. The molecule has 1 aromatic heterocycles. The van der Waals surface area contributed by atoms with E-state index in [0.29, 0.717) is 6.04 Å². The van der Waals surface area contributed by atoms with Gasteiger partial charge >= 0.3 is 0 Å². The van der Waals surface area contributed by atoms with Gasteiger partial charge in [-0.1, -0.05) is 25.8 Å². The van der Waals surface area contributed by atoms with Crippen LogP contribution in [-0.4, -0.2) is 13.7 Å². The minimum Gasteiger partial charge on any atom is -0.496 e. The van der Waals surface area contributed by atoms with Crippen LogP contribution in [0.4, 0.5) is 0 Å². The Morgan fingerprint density at radius 1 is 1.42 bits per heavy atom. The molecule has 0 radical (unpaired) electrons. The van der Waals surface area contributed by atoms with Gasteiger partial charge in [0.1, 0.15) is 5.75 Å². The summed E-state index contributed by atoms with van der Waals surface area (Å²) in [5, 5.41) is 5.74. The Morgan fingerprint density at radius 3 is 2.89 bits per heavy atom. The SMILES string of the molecule is C=CCCCCCC(NCCC)c1cc(OC)cs1. The first-order chi connectivity index (χ1) is 9.31. The molecule has 0 saturated carbocycles. The molecule has 0 aliphatic rings.